The predicted octanol–water partition coefficient (Wildman–Crippen LogP) is 1.35. The molecule has 1 atom stereocenters. The smallest absolute Gasteiger partial charge is 0.346 e. The summed E-state index contributed by atoms with van der Waals surface area (Å²) in [4.78, 5) is 5.26. The molecule has 0 spiro atoms. The maximum atomic E-state index is 12.3. The van der Waals surface area contributed by atoms with Gasteiger partial charge in [-0.15, -0.1) is 0 Å². The van der Waals surface area contributed by atoms with Crippen molar-refractivity contribution in [3.63, 3.8) is 0 Å². The van der Waals surface area contributed by atoms with Crippen LogP contribution in [0.4, 0.5) is 18.3 Å². The van der Waals surface area contributed by atoms with Crippen molar-refractivity contribution < 1.29 is 13.2 Å². The molecule has 0 radical (unpaired) electrons. The van der Waals surface area contributed by atoms with Gasteiger partial charge in [-0.25, -0.2) is 0 Å². The summed E-state index contributed by atoms with van der Waals surface area (Å²) < 4.78 is 40.2. The van der Waals surface area contributed by atoms with Crippen LogP contribution in [0.3, 0.4) is 0 Å². The number of halogens is 3. The molecule has 1 N–H and O–H groups in total. The van der Waals surface area contributed by atoms with Crippen LogP contribution in [0, 0.1) is 0 Å². The van der Waals surface area contributed by atoms with Gasteiger partial charge < -0.3 is 10.2 Å². The molecule has 0 aliphatic carbocycles. The van der Waals surface area contributed by atoms with Gasteiger partial charge in [-0.2, -0.15) is 22.5 Å². The summed E-state index contributed by atoms with van der Waals surface area (Å²) in [7, 11) is 1.75. The zero-order chi connectivity index (χ0) is 11.8. The Bertz CT molecular complexity index is 358. The molecule has 2 heterocycles. The van der Waals surface area contributed by atoms with Crippen LogP contribution in [0.15, 0.2) is 0 Å². The third-order valence-electron chi connectivity index (χ3n) is 2.55. The normalized spacial score (nSPS) is 21.4. The molecule has 2 rings (SSSR count). The highest BCUT2D eigenvalue weighted by Gasteiger charge is 2.37. The van der Waals surface area contributed by atoms with E-state index in [0.717, 1.165) is 31.0 Å². The summed E-state index contributed by atoms with van der Waals surface area (Å²) in [6, 6.07) is 0.203. The number of nitrogens with one attached hydrogen (secondary N) is 1. The minimum Gasteiger partial charge on any atom is -0.346 e. The van der Waals surface area contributed by atoms with Crippen LogP contribution in [0.25, 0.3) is 0 Å². The molecule has 1 aliphatic heterocycles. The number of aromatic nitrogens is 2. The van der Waals surface area contributed by atoms with Crippen LogP contribution < -0.4 is 10.2 Å². The van der Waals surface area contributed by atoms with Crippen molar-refractivity contribution in [3.8, 4) is 0 Å². The third-order valence-corrected chi connectivity index (χ3v) is 3.36. The summed E-state index contributed by atoms with van der Waals surface area (Å²) in [5.41, 5.74) is 0. The molecule has 1 aromatic rings. The highest BCUT2D eigenvalue weighted by molar-refractivity contribution is 7.09. The van der Waals surface area contributed by atoms with Gasteiger partial charge in [0.25, 0.3) is 0 Å². The summed E-state index contributed by atoms with van der Waals surface area (Å²) in [6.45, 7) is 1.66. The lowest BCUT2D eigenvalue weighted by Gasteiger charge is -2.22. The maximum Gasteiger partial charge on any atom is 0.452 e. The van der Waals surface area contributed by atoms with Crippen LogP contribution in [-0.2, 0) is 6.18 Å². The van der Waals surface area contributed by atoms with Gasteiger partial charge in [-0.1, -0.05) is 0 Å². The van der Waals surface area contributed by atoms with E-state index in [1.807, 2.05) is 0 Å². The van der Waals surface area contributed by atoms with Crippen molar-refractivity contribution in [3.05, 3.63) is 5.82 Å². The maximum absolute atomic E-state index is 12.3. The van der Waals surface area contributed by atoms with Crippen LogP contribution >= 0.6 is 11.5 Å². The van der Waals surface area contributed by atoms with Crippen LogP contribution in [0.2, 0.25) is 0 Å². The lowest BCUT2D eigenvalue weighted by molar-refractivity contribution is -0.144. The van der Waals surface area contributed by atoms with Gasteiger partial charge in [0.15, 0.2) is 0 Å². The molecule has 0 aromatic carbocycles. The molecule has 1 aromatic heterocycles. The number of rotatable bonds is 2. The Labute approximate surface area is 94.6 Å². The van der Waals surface area contributed by atoms with Crippen molar-refractivity contribution in [2.45, 2.75) is 18.6 Å². The summed E-state index contributed by atoms with van der Waals surface area (Å²) in [5, 5.41) is 3.47. The molecule has 4 nitrogen and oxygen atoms in total. The Balaban J connectivity index is 2.12. The molecule has 0 amide bonds. The van der Waals surface area contributed by atoms with Crippen molar-refractivity contribution in [1.29, 1.82) is 0 Å². The van der Waals surface area contributed by atoms with Crippen LogP contribution in [0.1, 0.15) is 12.2 Å². The fourth-order valence-electron chi connectivity index (χ4n) is 1.60. The van der Waals surface area contributed by atoms with E-state index in [4.69, 9.17) is 0 Å². The molecule has 1 aliphatic rings. The van der Waals surface area contributed by atoms with Gasteiger partial charge in [-0.3, -0.25) is 0 Å². The second-order valence-corrected chi connectivity index (χ2v) is 4.39. The molecule has 8 heteroatoms. The van der Waals surface area contributed by atoms with E-state index in [1.54, 1.807) is 11.9 Å². The van der Waals surface area contributed by atoms with E-state index < -0.39 is 12.0 Å². The molecular formula is C8H11F3N4S. The van der Waals surface area contributed by atoms with E-state index in [1.165, 1.54) is 0 Å². The molecule has 1 unspecified atom stereocenters. The van der Waals surface area contributed by atoms with E-state index in [2.05, 4.69) is 14.7 Å². The highest BCUT2D eigenvalue weighted by atomic mass is 32.1. The quantitative estimate of drug-likeness (QED) is 0.862. The van der Waals surface area contributed by atoms with Crippen molar-refractivity contribution in [2.75, 3.05) is 25.0 Å². The molecule has 0 saturated carbocycles. The van der Waals surface area contributed by atoms with Gasteiger partial charge in [0.05, 0.1) is 0 Å². The molecule has 1 saturated heterocycles. The Hall–Kier alpha value is -0.890. The van der Waals surface area contributed by atoms with Gasteiger partial charge in [-0.05, 0) is 13.0 Å². The number of anilines is 1. The zero-order valence-electron chi connectivity index (χ0n) is 8.58. The first-order valence-electron chi connectivity index (χ1n) is 4.83. The largest absolute Gasteiger partial charge is 0.452 e. The minimum absolute atomic E-state index is 0.203. The molecular weight excluding hydrogens is 241 g/mol. The number of likely N-dealkylation sites (N-methyl/N-ethyl adjacent to an activating group) is 1. The predicted molar refractivity (Wildman–Crippen MR) is 54.6 cm³/mol. The Morgan fingerprint density at radius 1 is 1.50 bits per heavy atom. The van der Waals surface area contributed by atoms with E-state index in [0.29, 0.717) is 5.13 Å². The van der Waals surface area contributed by atoms with E-state index >= 15 is 0 Å². The van der Waals surface area contributed by atoms with Crippen molar-refractivity contribution in [1.82, 2.24) is 14.7 Å². The van der Waals surface area contributed by atoms with E-state index in [-0.39, 0.29) is 6.04 Å². The lowest BCUT2D eigenvalue weighted by atomic mass is 10.2. The Morgan fingerprint density at radius 3 is 2.75 bits per heavy atom. The zero-order valence-corrected chi connectivity index (χ0v) is 9.40. The van der Waals surface area contributed by atoms with Crippen LogP contribution in [-0.4, -0.2) is 35.5 Å². The lowest BCUT2D eigenvalue weighted by Crippen LogP contribution is -2.33. The van der Waals surface area contributed by atoms with Crippen molar-refractivity contribution in [2.24, 2.45) is 0 Å². The summed E-state index contributed by atoms with van der Waals surface area (Å²) >= 11 is 0.788. The highest BCUT2D eigenvalue weighted by Crippen LogP contribution is 2.30. The Kier molecular flexibility index (Phi) is 3.02. The van der Waals surface area contributed by atoms with Crippen LogP contribution in [0.5, 0.6) is 0 Å². The average molecular weight is 252 g/mol. The molecule has 16 heavy (non-hydrogen) atoms. The monoisotopic (exact) mass is 252 g/mol. The number of alkyl halides is 3. The van der Waals surface area contributed by atoms with E-state index in [9.17, 15) is 13.2 Å². The number of nitrogens with zero attached hydrogens (tertiary/aromatic N) is 3. The fourth-order valence-corrected chi connectivity index (χ4v) is 2.32. The Morgan fingerprint density at radius 2 is 2.25 bits per heavy atom. The SMILES string of the molecule is CN(c1nc(C(F)(F)F)ns1)C1CCNC1. The first kappa shape index (κ1) is 11.6. The summed E-state index contributed by atoms with van der Waals surface area (Å²) in [6.07, 6.45) is -3.54. The third kappa shape index (κ3) is 2.27. The first-order valence-corrected chi connectivity index (χ1v) is 5.60. The van der Waals surface area contributed by atoms with Gasteiger partial charge in [0.2, 0.25) is 11.0 Å². The fraction of sp³-hybridized carbons (Fsp3) is 0.750. The number of hydrogen-bond donors (Lipinski definition) is 1. The second-order valence-electron chi connectivity index (χ2n) is 3.66. The van der Waals surface area contributed by atoms with Crippen molar-refractivity contribution >= 4 is 16.7 Å². The average Bonchev–Trinajstić information content (AvgIpc) is 2.87. The standard InChI is InChI=1S/C8H11F3N4S/c1-15(5-2-3-12-4-5)7-13-6(14-16-7)8(9,10)11/h5,12H,2-4H2,1H3. The first-order chi connectivity index (χ1) is 7.48. The molecule has 1 fully saturated rings. The molecule has 90 valence electrons. The minimum atomic E-state index is -4.45. The summed E-state index contributed by atoms with van der Waals surface area (Å²) in [5.74, 6) is -1.05. The molecule has 0 bridgehead atoms. The van der Waals surface area contributed by atoms with Gasteiger partial charge in [0.1, 0.15) is 0 Å². The topological polar surface area (TPSA) is 41.1 Å². The van der Waals surface area contributed by atoms with Gasteiger partial charge >= 0.3 is 6.18 Å². The second kappa shape index (κ2) is 4.17. The van der Waals surface area contributed by atoms with Gasteiger partial charge in [0, 0.05) is 31.2 Å². The number of hydrogen-bond acceptors (Lipinski definition) is 5.